The van der Waals surface area contributed by atoms with E-state index >= 15 is 0 Å². The summed E-state index contributed by atoms with van der Waals surface area (Å²) >= 11 is 0. The van der Waals surface area contributed by atoms with Crippen LogP contribution in [0.15, 0.2) is 29.3 Å². The molecule has 2 saturated carbocycles. The van der Waals surface area contributed by atoms with Crippen LogP contribution in [-0.2, 0) is 0 Å². The molecule has 0 aromatic heterocycles. The van der Waals surface area contributed by atoms with Gasteiger partial charge in [-0.25, -0.2) is 4.99 Å². The summed E-state index contributed by atoms with van der Waals surface area (Å²) in [6.07, 6.45) is 6.29. The van der Waals surface area contributed by atoms with E-state index in [9.17, 15) is 19.2 Å². The van der Waals surface area contributed by atoms with Crippen molar-refractivity contribution in [1.29, 1.82) is 0 Å². The third-order valence-electron chi connectivity index (χ3n) is 10.2. The van der Waals surface area contributed by atoms with E-state index in [1.165, 1.54) is 46.6 Å². The Morgan fingerprint density at radius 2 is 0.929 bits per heavy atom. The summed E-state index contributed by atoms with van der Waals surface area (Å²) in [7, 11) is 13.7. The first-order chi connectivity index (χ1) is 26.8. The molecule has 16 nitrogen and oxygen atoms in total. The zero-order chi connectivity index (χ0) is 40.9. The van der Waals surface area contributed by atoms with E-state index in [1.54, 1.807) is 6.07 Å². The average molecular weight is 781 g/mol. The Bertz CT molecular complexity index is 1710. The number of aliphatic imine (C=N–C) groups is 1. The number of amides is 4. The Morgan fingerprint density at radius 3 is 1.25 bits per heavy atom. The van der Waals surface area contributed by atoms with Gasteiger partial charge in [-0.05, 0) is 76.5 Å². The molecule has 6 N–H and O–H groups in total. The zero-order valence-corrected chi connectivity index (χ0v) is 34.1. The highest BCUT2D eigenvalue weighted by Gasteiger charge is 2.30. The predicted octanol–water partition coefficient (Wildman–Crippen LogP) is 2.79. The lowest BCUT2D eigenvalue weighted by atomic mass is 9.90. The van der Waals surface area contributed by atoms with Crippen LogP contribution < -0.4 is 45.9 Å². The van der Waals surface area contributed by atoms with Crippen LogP contribution in [0.3, 0.4) is 0 Å². The number of guanidine groups is 1. The van der Waals surface area contributed by atoms with Gasteiger partial charge in [-0.2, -0.15) is 0 Å². The number of nitrogens with two attached hydrogens (primary N) is 1. The standard InChI is InChI=1S/C40H60N8O8/c1-47(2)40(48(3)4)46-27-16-14-26(15-17-27)45-39(52)31-21-30(34(55-7)23-35(31)56-8)38(51)44-25-12-10-24(11-13-25)43-37(50)29-20-28(36(49)42-19-9-18-41)32(53-5)22-33(29)54-6/h20-27H,9-19,41H2,1-8H3,(H,42,49)(H,43,50)(H,44,51)(H,45,52). The Morgan fingerprint density at radius 1 is 0.589 bits per heavy atom. The summed E-state index contributed by atoms with van der Waals surface area (Å²) in [4.78, 5) is 62.6. The fourth-order valence-corrected chi connectivity index (χ4v) is 7.22. The smallest absolute Gasteiger partial charge is 0.255 e. The molecular weight excluding hydrogens is 720 g/mol. The monoisotopic (exact) mass is 780 g/mol. The highest BCUT2D eigenvalue weighted by atomic mass is 16.5. The van der Waals surface area contributed by atoms with Crippen molar-refractivity contribution in [1.82, 2.24) is 31.1 Å². The Hall–Kier alpha value is -5.25. The van der Waals surface area contributed by atoms with E-state index in [1.807, 2.05) is 38.0 Å². The molecule has 0 radical (unpaired) electrons. The second-order valence-corrected chi connectivity index (χ2v) is 14.6. The van der Waals surface area contributed by atoms with Crippen LogP contribution in [0, 0.1) is 0 Å². The second-order valence-electron chi connectivity index (χ2n) is 14.6. The third kappa shape index (κ3) is 11.2. The van der Waals surface area contributed by atoms with Gasteiger partial charge in [0.25, 0.3) is 23.6 Å². The largest absolute Gasteiger partial charge is 0.496 e. The number of nitrogens with zero attached hydrogens (tertiary/aromatic N) is 3. The minimum Gasteiger partial charge on any atom is -0.496 e. The molecule has 0 aliphatic heterocycles. The molecule has 0 heterocycles. The summed E-state index contributed by atoms with van der Waals surface area (Å²) in [5, 5.41) is 12.1. The van der Waals surface area contributed by atoms with Gasteiger partial charge in [-0.3, -0.25) is 19.2 Å². The predicted molar refractivity (Wildman–Crippen MR) is 214 cm³/mol. The van der Waals surface area contributed by atoms with Crippen molar-refractivity contribution in [2.45, 2.75) is 82.0 Å². The molecule has 0 spiro atoms. The number of nitrogens with one attached hydrogen (secondary N) is 4. The molecule has 0 unspecified atom stereocenters. The Kier molecular flexibility index (Phi) is 16.0. The van der Waals surface area contributed by atoms with Crippen LogP contribution in [-0.4, -0.2) is 133 Å². The molecule has 2 aromatic carbocycles. The van der Waals surface area contributed by atoms with E-state index in [-0.39, 0.29) is 87.3 Å². The maximum absolute atomic E-state index is 13.7. The minimum atomic E-state index is -0.383. The van der Waals surface area contributed by atoms with E-state index in [0.29, 0.717) is 50.9 Å². The van der Waals surface area contributed by atoms with Crippen molar-refractivity contribution in [3.63, 3.8) is 0 Å². The molecule has 16 heteroatoms. The van der Waals surface area contributed by atoms with Crippen molar-refractivity contribution in [3.05, 3.63) is 46.5 Å². The van der Waals surface area contributed by atoms with Crippen LogP contribution >= 0.6 is 0 Å². The minimum absolute atomic E-state index is 0.0327. The van der Waals surface area contributed by atoms with Crippen LogP contribution in [0.5, 0.6) is 23.0 Å². The number of methoxy groups -OCH3 is 4. The van der Waals surface area contributed by atoms with Gasteiger partial charge in [0, 0.05) is 65.0 Å². The van der Waals surface area contributed by atoms with Gasteiger partial charge < -0.3 is 55.7 Å². The molecule has 2 aromatic rings. The van der Waals surface area contributed by atoms with Gasteiger partial charge in [0.1, 0.15) is 23.0 Å². The van der Waals surface area contributed by atoms with Crippen LogP contribution in [0.25, 0.3) is 0 Å². The molecule has 56 heavy (non-hydrogen) atoms. The summed E-state index contributed by atoms with van der Waals surface area (Å²) in [6, 6.07) is 5.90. The van der Waals surface area contributed by atoms with Crippen LogP contribution in [0.4, 0.5) is 0 Å². The van der Waals surface area contributed by atoms with Crippen molar-refractivity contribution in [2.75, 3.05) is 69.7 Å². The Balaban J connectivity index is 1.37. The van der Waals surface area contributed by atoms with Crippen molar-refractivity contribution >= 4 is 29.6 Å². The Labute approximate surface area is 330 Å². The van der Waals surface area contributed by atoms with Gasteiger partial charge in [0.15, 0.2) is 5.96 Å². The van der Waals surface area contributed by atoms with Crippen LogP contribution in [0.1, 0.15) is 99.2 Å². The number of hydrogen-bond donors (Lipinski definition) is 5. The van der Waals surface area contributed by atoms with Crippen molar-refractivity contribution in [2.24, 2.45) is 10.7 Å². The molecule has 0 bridgehead atoms. The first-order valence-corrected chi connectivity index (χ1v) is 19.2. The molecular formula is C40H60N8O8. The van der Waals surface area contributed by atoms with Gasteiger partial charge in [0.2, 0.25) is 0 Å². The normalized spacial score (nSPS) is 19.1. The van der Waals surface area contributed by atoms with E-state index in [2.05, 4.69) is 21.3 Å². The lowest BCUT2D eigenvalue weighted by Crippen LogP contribution is -2.44. The van der Waals surface area contributed by atoms with Gasteiger partial charge in [0.05, 0.1) is 56.7 Å². The maximum atomic E-state index is 13.7. The molecule has 0 saturated heterocycles. The molecule has 308 valence electrons. The highest BCUT2D eigenvalue weighted by molar-refractivity contribution is 6.04. The second kappa shape index (κ2) is 20.6. The molecule has 4 rings (SSSR count). The highest BCUT2D eigenvalue weighted by Crippen LogP contribution is 2.32. The average Bonchev–Trinajstić information content (AvgIpc) is 3.19. The SMILES string of the molecule is COc1cc(OC)c(C(=O)NC2CCC(NC(=O)c3cc(C(=O)NC4CCC(N=C(N(C)C)N(C)C)CC4)c(OC)cc3OC)CC2)cc1C(=O)NCCCN. The van der Waals surface area contributed by atoms with Crippen molar-refractivity contribution < 1.29 is 38.1 Å². The molecule has 2 fully saturated rings. The number of benzene rings is 2. The van der Waals surface area contributed by atoms with Gasteiger partial charge in [-0.1, -0.05) is 0 Å². The summed E-state index contributed by atoms with van der Waals surface area (Å²) in [5.41, 5.74) is 6.44. The zero-order valence-electron chi connectivity index (χ0n) is 34.1. The summed E-state index contributed by atoms with van der Waals surface area (Å²) < 4.78 is 22.0. The topological polar surface area (TPSA) is 198 Å². The number of hydrogen-bond acceptors (Lipinski definition) is 10. The van der Waals surface area contributed by atoms with Gasteiger partial charge in [-0.15, -0.1) is 0 Å². The number of carbonyl (C=O) groups excluding carboxylic acids is 4. The molecule has 2 aliphatic carbocycles. The summed E-state index contributed by atoms with van der Waals surface area (Å²) in [5.74, 6) is 0.598. The first-order valence-electron chi connectivity index (χ1n) is 19.2. The fraction of sp³-hybridized carbons (Fsp3) is 0.575. The van der Waals surface area contributed by atoms with Crippen molar-refractivity contribution in [3.8, 4) is 23.0 Å². The van der Waals surface area contributed by atoms with Crippen LogP contribution in [0.2, 0.25) is 0 Å². The quantitative estimate of drug-likeness (QED) is 0.101. The fourth-order valence-electron chi connectivity index (χ4n) is 7.22. The van der Waals surface area contributed by atoms with Gasteiger partial charge >= 0.3 is 0 Å². The molecule has 4 amide bonds. The molecule has 0 atom stereocenters. The van der Waals surface area contributed by atoms with E-state index < -0.39 is 0 Å². The maximum Gasteiger partial charge on any atom is 0.255 e. The first kappa shape index (κ1) is 43.5. The lowest BCUT2D eigenvalue weighted by Gasteiger charge is -2.30. The lowest BCUT2D eigenvalue weighted by molar-refractivity contribution is 0.0886. The number of rotatable bonds is 15. The summed E-state index contributed by atoms with van der Waals surface area (Å²) in [6.45, 7) is 0.824. The van der Waals surface area contributed by atoms with E-state index in [0.717, 1.165) is 31.6 Å². The number of ether oxygens (including phenoxy) is 4. The number of carbonyl (C=O) groups is 4. The molecule has 2 aliphatic rings. The van der Waals surface area contributed by atoms with E-state index in [4.69, 9.17) is 29.7 Å². The third-order valence-corrected chi connectivity index (χ3v) is 10.2.